The highest BCUT2D eigenvalue weighted by Gasteiger charge is 2.32. The molecule has 0 aromatic carbocycles. The molecule has 8 heteroatoms. The highest BCUT2D eigenvalue weighted by atomic mass is 32.2. The van der Waals surface area contributed by atoms with Gasteiger partial charge in [-0.2, -0.15) is 16.7 Å². The molecule has 18 heavy (non-hydrogen) atoms. The molecule has 100 valence electrons. The van der Waals surface area contributed by atoms with E-state index in [1.165, 1.54) is 6.26 Å². The molecule has 2 N–H and O–H groups in total. The number of sulfone groups is 1. The number of aromatic nitrogens is 2. The van der Waals surface area contributed by atoms with Crippen LogP contribution in [0.15, 0.2) is 6.20 Å². The second-order valence-electron chi connectivity index (χ2n) is 4.29. The van der Waals surface area contributed by atoms with Gasteiger partial charge in [-0.05, 0) is 6.92 Å². The molecule has 1 aromatic heterocycles. The zero-order valence-electron chi connectivity index (χ0n) is 10.3. The second kappa shape index (κ2) is 4.93. The largest absolute Gasteiger partial charge is 0.368 e. The molecule has 0 bridgehead atoms. The van der Waals surface area contributed by atoms with Crippen LogP contribution in [0, 0.1) is 6.92 Å². The van der Waals surface area contributed by atoms with Crippen molar-refractivity contribution in [3.63, 3.8) is 0 Å². The molecule has 2 rings (SSSR count). The first-order chi connectivity index (χ1) is 8.39. The lowest BCUT2D eigenvalue weighted by atomic mass is 10.3. The Morgan fingerprint density at radius 3 is 2.94 bits per heavy atom. The van der Waals surface area contributed by atoms with Gasteiger partial charge in [0.05, 0.1) is 0 Å². The van der Waals surface area contributed by atoms with E-state index in [4.69, 9.17) is 5.73 Å². The van der Waals surface area contributed by atoms with E-state index in [-0.39, 0.29) is 5.95 Å². The van der Waals surface area contributed by atoms with Crippen molar-refractivity contribution in [2.45, 2.75) is 12.3 Å². The molecule has 1 saturated heterocycles. The quantitative estimate of drug-likeness (QED) is 0.836. The maximum Gasteiger partial charge on any atom is 0.221 e. The van der Waals surface area contributed by atoms with Crippen LogP contribution in [-0.2, 0) is 9.84 Å². The van der Waals surface area contributed by atoms with E-state index >= 15 is 0 Å². The van der Waals surface area contributed by atoms with Gasteiger partial charge in [0.15, 0.2) is 9.84 Å². The first-order valence-corrected chi connectivity index (χ1v) is 8.63. The SMILES string of the molecule is Cc1cnc(N)nc1N1CCSCC1S(C)(=O)=O. The van der Waals surface area contributed by atoms with Crippen LogP contribution in [0.25, 0.3) is 0 Å². The first-order valence-electron chi connectivity index (χ1n) is 5.52. The summed E-state index contributed by atoms with van der Waals surface area (Å²) in [5.74, 6) is 2.23. The molecule has 1 fully saturated rings. The number of aryl methyl sites for hydroxylation is 1. The molecule has 0 aliphatic carbocycles. The predicted octanol–water partition coefficient (Wildman–Crippen LogP) is 0.291. The van der Waals surface area contributed by atoms with E-state index in [0.717, 1.165) is 11.3 Å². The van der Waals surface area contributed by atoms with Crippen molar-refractivity contribution in [1.29, 1.82) is 0 Å². The fraction of sp³-hybridized carbons (Fsp3) is 0.600. The van der Waals surface area contributed by atoms with Crippen LogP contribution in [0.5, 0.6) is 0 Å². The maximum atomic E-state index is 11.8. The number of hydrogen-bond acceptors (Lipinski definition) is 7. The van der Waals surface area contributed by atoms with E-state index in [2.05, 4.69) is 9.97 Å². The van der Waals surface area contributed by atoms with Gasteiger partial charge < -0.3 is 10.6 Å². The van der Waals surface area contributed by atoms with Gasteiger partial charge in [0, 0.05) is 36.1 Å². The molecule has 1 aliphatic heterocycles. The van der Waals surface area contributed by atoms with Crippen molar-refractivity contribution in [2.75, 3.05) is 34.9 Å². The molecular formula is C10H16N4O2S2. The van der Waals surface area contributed by atoms with E-state index in [1.54, 1.807) is 18.0 Å². The highest BCUT2D eigenvalue weighted by molar-refractivity contribution is 8.01. The maximum absolute atomic E-state index is 11.8. The number of rotatable bonds is 2. The Labute approximate surface area is 111 Å². The molecule has 0 radical (unpaired) electrons. The molecule has 1 unspecified atom stereocenters. The molecule has 1 atom stereocenters. The average molecular weight is 288 g/mol. The lowest BCUT2D eigenvalue weighted by Crippen LogP contribution is -2.47. The average Bonchev–Trinajstić information content (AvgIpc) is 2.31. The molecular weight excluding hydrogens is 272 g/mol. The normalized spacial score (nSPS) is 21.0. The van der Waals surface area contributed by atoms with Gasteiger partial charge in [-0.15, -0.1) is 0 Å². The van der Waals surface area contributed by atoms with E-state index in [9.17, 15) is 8.42 Å². The topological polar surface area (TPSA) is 89.2 Å². The minimum Gasteiger partial charge on any atom is -0.368 e. The summed E-state index contributed by atoms with van der Waals surface area (Å²) in [6, 6.07) is 0. The lowest BCUT2D eigenvalue weighted by molar-refractivity contribution is 0.583. The zero-order chi connectivity index (χ0) is 13.3. The standard InChI is InChI=1S/C10H16N4O2S2/c1-7-5-12-10(11)13-9(7)14-3-4-17-6-8(14)18(2,15)16/h5,8H,3-4,6H2,1-2H3,(H2,11,12,13). The Morgan fingerprint density at radius 2 is 2.28 bits per heavy atom. The predicted molar refractivity (Wildman–Crippen MR) is 74.5 cm³/mol. The van der Waals surface area contributed by atoms with Crippen LogP contribution < -0.4 is 10.6 Å². The molecule has 1 aliphatic rings. The van der Waals surface area contributed by atoms with Crippen LogP contribution >= 0.6 is 11.8 Å². The summed E-state index contributed by atoms with van der Waals surface area (Å²) in [7, 11) is -3.15. The van der Waals surface area contributed by atoms with Crippen LogP contribution in [0.2, 0.25) is 0 Å². The minimum atomic E-state index is -3.15. The number of nitrogens with two attached hydrogens (primary N) is 1. The fourth-order valence-electron chi connectivity index (χ4n) is 1.92. The van der Waals surface area contributed by atoms with Crippen LogP contribution in [0.1, 0.15) is 5.56 Å². The lowest BCUT2D eigenvalue weighted by Gasteiger charge is -2.35. The summed E-state index contributed by atoms with van der Waals surface area (Å²) in [5.41, 5.74) is 6.42. The van der Waals surface area contributed by atoms with Crippen molar-refractivity contribution < 1.29 is 8.42 Å². The monoisotopic (exact) mass is 288 g/mol. The van der Waals surface area contributed by atoms with Gasteiger partial charge in [-0.25, -0.2) is 13.4 Å². The first kappa shape index (κ1) is 13.4. The number of nitrogen functional groups attached to an aromatic ring is 1. The fourth-order valence-corrected chi connectivity index (χ4v) is 4.73. The van der Waals surface area contributed by atoms with Gasteiger partial charge in [0.2, 0.25) is 5.95 Å². The van der Waals surface area contributed by atoms with Gasteiger partial charge >= 0.3 is 0 Å². The highest BCUT2D eigenvalue weighted by Crippen LogP contribution is 2.27. The Hall–Kier alpha value is -1.02. The second-order valence-corrected chi connectivity index (χ2v) is 7.64. The van der Waals surface area contributed by atoms with Crippen molar-refractivity contribution in [3.05, 3.63) is 11.8 Å². The molecule has 2 heterocycles. The Bertz CT molecular complexity index is 547. The summed E-state index contributed by atoms with van der Waals surface area (Å²) < 4.78 is 23.7. The van der Waals surface area contributed by atoms with Crippen LogP contribution in [0.4, 0.5) is 11.8 Å². The third-order valence-corrected chi connectivity index (χ3v) is 5.46. The number of hydrogen-bond donors (Lipinski definition) is 1. The molecule has 6 nitrogen and oxygen atoms in total. The van der Waals surface area contributed by atoms with E-state index < -0.39 is 15.2 Å². The molecule has 0 saturated carbocycles. The third kappa shape index (κ3) is 2.69. The summed E-state index contributed by atoms with van der Waals surface area (Å²) in [6.45, 7) is 2.51. The summed E-state index contributed by atoms with van der Waals surface area (Å²) in [4.78, 5) is 9.90. The van der Waals surface area contributed by atoms with E-state index in [1.807, 2.05) is 11.8 Å². The van der Waals surface area contributed by atoms with Crippen molar-refractivity contribution in [3.8, 4) is 0 Å². The van der Waals surface area contributed by atoms with Gasteiger partial charge in [0.1, 0.15) is 11.2 Å². The third-order valence-electron chi connectivity index (χ3n) is 2.81. The number of anilines is 2. The minimum absolute atomic E-state index is 0.168. The number of nitrogens with zero attached hydrogens (tertiary/aromatic N) is 3. The summed E-state index contributed by atoms with van der Waals surface area (Å²) >= 11 is 1.64. The van der Waals surface area contributed by atoms with Gasteiger partial charge in [0.25, 0.3) is 0 Å². The molecule has 0 spiro atoms. The van der Waals surface area contributed by atoms with Crippen LogP contribution in [-0.4, -0.2) is 48.1 Å². The van der Waals surface area contributed by atoms with Crippen LogP contribution in [0.3, 0.4) is 0 Å². The summed E-state index contributed by atoms with van der Waals surface area (Å²) in [5, 5.41) is -0.538. The molecule has 1 aromatic rings. The van der Waals surface area contributed by atoms with E-state index in [0.29, 0.717) is 18.1 Å². The Balaban J connectivity index is 2.43. The summed E-state index contributed by atoms with van der Waals surface area (Å²) in [6.07, 6.45) is 2.88. The Kier molecular flexibility index (Phi) is 3.67. The molecule has 0 amide bonds. The van der Waals surface area contributed by atoms with Crippen molar-refractivity contribution in [2.24, 2.45) is 0 Å². The van der Waals surface area contributed by atoms with Crippen molar-refractivity contribution >= 4 is 33.4 Å². The number of thioether (sulfide) groups is 1. The Morgan fingerprint density at radius 1 is 1.56 bits per heavy atom. The van der Waals surface area contributed by atoms with Gasteiger partial charge in [-0.1, -0.05) is 0 Å². The van der Waals surface area contributed by atoms with Crippen molar-refractivity contribution in [1.82, 2.24) is 9.97 Å². The van der Waals surface area contributed by atoms with Gasteiger partial charge in [-0.3, -0.25) is 0 Å². The zero-order valence-corrected chi connectivity index (χ0v) is 12.0. The smallest absolute Gasteiger partial charge is 0.221 e.